The molecule has 122 valence electrons. The molecule has 2 aromatic carbocycles. The van der Waals surface area contributed by atoms with E-state index in [1.54, 1.807) is 0 Å². The van der Waals surface area contributed by atoms with Crippen molar-refractivity contribution in [1.29, 1.82) is 0 Å². The summed E-state index contributed by atoms with van der Waals surface area (Å²) in [6.45, 7) is 4.57. The third-order valence-electron chi connectivity index (χ3n) is 3.25. The number of hydrogen-bond donors (Lipinski definition) is 1. The smallest absolute Gasteiger partial charge is 0.230 e. The summed E-state index contributed by atoms with van der Waals surface area (Å²) in [5.41, 5.74) is 1.05. The van der Waals surface area contributed by atoms with Crippen molar-refractivity contribution in [3.63, 3.8) is 0 Å². The molecule has 0 aliphatic rings. The van der Waals surface area contributed by atoms with Gasteiger partial charge >= 0.3 is 0 Å². The normalized spacial score (nSPS) is 11.8. The maximum atomic E-state index is 12.1. The van der Waals surface area contributed by atoms with E-state index in [2.05, 4.69) is 5.32 Å². The van der Waals surface area contributed by atoms with Crippen LogP contribution in [0.1, 0.15) is 25.5 Å². The zero-order chi connectivity index (χ0) is 16.7. The van der Waals surface area contributed by atoms with Crippen molar-refractivity contribution >= 4 is 29.3 Å². The molecule has 0 aliphatic carbocycles. The average Bonchev–Trinajstić information content (AvgIpc) is 2.55. The molecule has 1 atom stereocenters. The van der Waals surface area contributed by atoms with E-state index in [4.69, 9.17) is 16.3 Å². The van der Waals surface area contributed by atoms with Gasteiger partial charge in [-0.25, -0.2) is 0 Å². The maximum Gasteiger partial charge on any atom is 0.230 e. The Morgan fingerprint density at radius 2 is 1.83 bits per heavy atom. The number of nitrogens with one attached hydrogen (secondary N) is 1. The highest BCUT2D eigenvalue weighted by Gasteiger charge is 2.10. The second-order valence-electron chi connectivity index (χ2n) is 5.03. The molecule has 2 aromatic rings. The van der Waals surface area contributed by atoms with E-state index in [1.165, 1.54) is 11.8 Å². The van der Waals surface area contributed by atoms with Gasteiger partial charge in [0.1, 0.15) is 5.75 Å². The number of amides is 1. The highest BCUT2D eigenvalue weighted by molar-refractivity contribution is 8.00. The van der Waals surface area contributed by atoms with Crippen molar-refractivity contribution in [2.45, 2.75) is 24.8 Å². The van der Waals surface area contributed by atoms with Crippen molar-refractivity contribution in [2.75, 3.05) is 12.4 Å². The molecular weight excluding hydrogens is 330 g/mol. The molecule has 2 rings (SSSR count). The molecule has 23 heavy (non-hydrogen) atoms. The number of benzene rings is 2. The zero-order valence-electron chi connectivity index (χ0n) is 13.2. The van der Waals surface area contributed by atoms with Crippen LogP contribution in [0, 0.1) is 0 Å². The summed E-state index contributed by atoms with van der Waals surface area (Å²) in [5, 5.41) is 3.70. The third-order valence-corrected chi connectivity index (χ3v) is 4.52. The molecule has 0 unspecified atom stereocenters. The summed E-state index contributed by atoms with van der Waals surface area (Å²) in [6.07, 6.45) is 0. The molecule has 0 spiro atoms. The summed E-state index contributed by atoms with van der Waals surface area (Å²) >= 11 is 7.34. The minimum atomic E-state index is -0.0380. The van der Waals surface area contributed by atoms with E-state index in [9.17, 15) is 4.79 Å². The van der Waals surface area contributed by atoms with Gasteiger partial charge in [0, 0.05) is 9.92 Å². The summed E-state index contributed by atoms with van der Waals surface area (Å²) in [4.78, 5) is 13.1. The Morgan fingerprint density at radius 1 is 1.17 bits per heavy atom. The van der Waals surface area contributed by atoms with Crippen LogP contribution in [0.2, 0.25) is 5.02 Å². The molecule has 3 nitrogen and oxygen atoms in total. The van der Waals surface area contributed by atoms with Gasteiger partial charge in [-0.2, -0.15) is 0 Å². The molecule has 0 aliphatic heterocycles. The Balaban J connectivity index is 1.82. The fourth-order valence-corrected chi connectivity index (χ4v) is 2.90. The number of halogens is 1. The lowest BCUT2D eigenvalue weighted by molar-refractivity contribution is -0.119. The van der Waals surface area contributed by atoms with Crippen LogP contribution in [0.3, 0.4) is 0 Å². The van der Waals surface area contributed by atoms with E-state index in [-0.39, 0.29) is 11.9 Å². The van der Waals surface area contributed by atoms with Crippen molar-refractivity contribution < 1.29 is 9.53 Å². The van der Waals surface area contributed by atoms with Crippen LogP contribution in [0.4, 0.5) is 0 Å². The summed E-state index contributed by atoms with van der Waals surface area (Å²) in [5.74, 6) is 1.22. The van der Waals surface area contributed by atoms with Gasteiger partial charge in [-0.15, -0.1) is 11.8 Å². The number of carbonyl (C=O) groups is 1. The molecule has 0 saturated heterocycles. The monoisotopic (exact) mass is 349 g/mol. The van der Waals surface area contributed by atoms with Crippen LogP contribution in [-0.4, -0.2) is 18.3 Å². The van der Waals surface area contributed by atoms with Crippen LogP contribution in [-0.2, 0) is 4.79 Å². The lowest BCUT2D eigenvalue weighted by Gasteiger charge is -2.15. The Morgan fingerprint density at radius 3 is 2.43 bits per heavy atom. The number of ether oxygens (including phenoxy) is 1. The fourth-order valence-electron chi connectivity index (χ4n) is 2.07. The molecule has 1 N–H and O–H groups in total. The van der Waals surface area contributed by atoms with Crippen LogP contribution in [0.15, 0.2) is 53.4 Å². The first kappa shape index (κ1) is 17.7. The van der Waals surface area contributed by atoms with Gasteiger partial charge in [0.2, 0.25) is 5.91 Å². The van der Waals surface area contributed by atoms with Crippen LogP contribution < -0.4 is 10.1 Å². The number of rotatable bonds is 7. The van der Waals surface area contributed by atoms with Gasteiger partial charge in [-0.1, -0.05) is 23.7 Å². The van der Waals surface area contributed by atoms with E-state index in [0.717, 1.165) is 16.2 Å². The first-order chi connectivity index (χ1) is 11.1. The van der Waals surface area contributed by atoms with Crippen LogP contribution >= 0.6 is 23.4 Å². The summed E-state index contributed by atoms with van der Waals surface area (Å²) < 4.78 is 5.42. The fraction of sp³-hybridized carbons (Fsp3) is 0.278. The van der Waals surface area contributed by atoms with E-state index in [1.807, 2.05) is 62.4 Å². The molecule has 1 amide bonds. The van der Waals surface area contributed by atoms with Gasteiger partial charge in [0.25, 0.3) is 0 Å². The molecule has 0 saturated carbocycles. The van der Waals surface area contributed by atoms with Crippen LogP contribution in [0.5, 0.6) is 5.75 Å². The number of carbonyl (C=O) groups excluding carboxylic acids is 1. The van der Waals surface area contributed by atoms with Gasteiger partial charge in [0.05, 0.1) is 18.4 Å². The highest BCUT2D eigenvalue weighted by Crippen LogP contribution is 2.21. The predicted octanol–water partition coefficient (Wildman–Crippen LogP) is 4.71. The Labute approximate surface area is 146 Å². The van der Waals surface area contributed by atoms with E-state index >= 15 is 0 Å². The van der Waals surface area contributed by atoms with Crippen molar-refractivity contribution in [3.05, 3.63) is 59.1 Å². The minimum absolute atomic E-state index is 0.00587. The Hall–Kier alpha value is -1.65. The van der Waals surface area contributed by atoms with E-state index < -0.39 is 0 Å². The summed E-state index contributed by atoms with van der Waals surface area (Å²) in [6, 6.07) is 15.2. The predicted molar refractivity (Wildman–Crippen MR) is 96.3 cm³/mol. The SMILES string of the molecule is CCOc1ccc([C@H](C)NC(=O)CSc2ccc(Cl)cc2)cc1. The van der Waals surface area contributed by atoms with Crippen molar-refractivity contribution in [3.8, 4) is 5.75 Å². The molecule has 0 bridgehead atoms. The molecule has 0 aromatic heterocycles. The van der Waals surface area contributed by atoms with Crippen molar-refractivity contribution in [2.24, 2.45) is 0 Å². The van der Waals surface area contributed by atoms with Gasteiger partial charge in [-0.05, 0) is 55.8 Å². The molecule has 0 fully saturated rings. The first-order valence-electron chi connectivity index (χ1n) is 7.49. The van der Waals surface area contributed by atoms with Gasteiger partial charge in [-0.3, -0.25) is 4.79 Å². The standard InChI is InChI=1S/C18H20ClNO2S/c1-3-22-16-8-4-14(5-9-16)13(2)20-18(21)12-23-17-10-6-15(19)7-11-17/h4-11,13H,3,12H2,1-2H3,(H,20,21)/t13-/m0/s1. The quantitative estimate of drug-likeness (QED) is 0.736. The summed E-state index contributed by atoms with van der Waals surface area (Å²) in [7, 11) is 0. The van der Waals surface area contributed by atoms with Gasteiger partial charge < -0.3 is 10.1 Å². The largest absolute Gasteiger partial charge is 0.494 e. The van der Waals surface area contributed by atoms with E-state index in [0.29, 0.717) is 17.4 Å². The molecular formula is C18H20ClNO2S. The number of hydrogen-bond acceptors (Lipinski definition) is 3. The molecule has 0 heterocycles. The third kappa shape index (κ3) is 5.81. The zero-order valence-corrected chi connectivity index (χ0v) is 14.8. The van der Waals surface area contributed by atoms with Crippen LogP contribution in [0.25, 0.3) is 0 Å². The second-order valence-corrected chi connectivity index (χ2v) is 6.52. The van der Waals surface area contributed by atoms with Gasteiger partial charge in [0.15, 0.2) is 0 Å². The first-order valence-corrected chi connectivity index (χ1v) is 8.85. The lowest BCUT2D eigenvalue weighted by Crippen LogP contribution is -2.28. The Bertz CT molecular complexity index is 628. The Kier molecular flexibility index (Phi) is 6.81. The maximum absolute atomic E-state index is 12.1. The van der Waals surface area contributed by atoms with Crippen molar-refractivity contribution in [1.82, 2.24) is 5.32 Å². The average molecular weight is 350 g/mol. The topological polar surface area (TPSA) is 38.3 Å². The second kappa shape index (κ2) is 8.85. The highest BCUT2D eigenvalue weighted by atomic mass is 35.5. The lowest BCUT2D eigenvalue weighted by atomic mass is 10.1. The minimum Gasteiger partial charge on any atom is -0.494 e. The molecule has 0 radical (unpaired) electrons. The number of thioether (sulfide) groups is 1. The molecule has 5 heteroatoms.